The molecule has 1 aromatic carbocycles. The molecule has 28 heavy (non-hydrogen) atoms. The first-order valence-electron chi connectivity index (χ1n) is 9.41. The molecule has 1 aliphatic carbocycles. The lowest BCUT2D eigenvalue weighted by atomic mass is 9.92. The molecule has 1 unspecified atom stereocenters. The van der Waals surface area contributed by atoms with Crippen LogP contribution >= 0.6 is 11.6 Å². The van der Waals surface area contributed by atoms with Gasteiger partial charge in [0.2, 0.25) is 5.91 Å². The van der Waals surface area contributed by atoms with Crippen molar-refractivity contribution in [3.8, 4) is 11.3 Å². The zero-order chi connectivity index (χ0) is 19.5. The second kappa shape index (κ2) is 8.10. The highest BCUT2D eigenvalue weighted by molar-refractivity contribution is 6.33. The lowest BCUT2D eigenvalue weighted by molar-refractivity contribution is -0.122. The number of hydrogen-bond donors (Lipinski definition) is 1. The lowest BCUT2D eigenvalue weighted by Gasteiger charge is -2.25. The fourth-order valence-corrected chi connectivity index (χ4v) is 3.72. The van der Waals surface area contributed by atoms with Crippen LogP contribution < -0.4 is 5.32 Å². The van der Waals surface area contributed by atoms with Crippen LogP contribution in [0.2, 0.25) is 5.02 Å². The van der Waals surface area contributed by atoms with Crippen LogP contribution in [-0.2, 0) is 17.6 Å². The average Bonchev–Trinajstić information content (AvgIpc) is 3.15. The van der Waals surface area contributed by atoms with E-state index in [2.05, 4.69) is 20.3 Å². The van der Waals surface area contributed by atoms with Crippen molar-refractivity contribution < 1.29 is 9.21 Å². The SMILES string of the molecule is Cc1ncc2c(n1)CCCC2NC(=O)CCc1ncc(-c2ccccc2Cl)o1. The van der Waals surface area contributed by atoms with Crippen LogP contribution in [0.25, 0.3) is 11.3 Å². The number of carbonyl (C=O) groups excluding carboxylic acids is 1. The summed E-state index contributed by atoms with van der Waals surface area (Å²) in [5, 5.41) is 3.71. The molecule has 144 valence electrons. The van der Waals surface area contributed by atoms with Crippen molar-refractivity contribution in [2.24, 2.45) is 0 Å². The maximum atomic E-state index is 12.4. The first kappa shape index (κ1) is 18.6. The van der Waals surface area contributed by atoms with E-state index in [9.17, 15) is 4.79 Å². The van der Waals surface area contributed by atoms with Gasteiger partial charge >= 0.3 is 0 Å². The lowest BCUT2D eigenvalue weighted by Crippen LogP contribution is -2.31. The number of fused-ring (bicyclic) bond motifs is 1. The highest BCUT2D eigenvalue weighted by Crippen LogP contribution is 2.29. The van der Waals surface area contributed by atoms with Crippen molar-refractivity contribution in [3.05, 3.63) is 64.7 Å². The largest absolute Gasteiger partial charge is 0.441 e. The number of rotatable bonds is 5. The van der Waals surface area contributed by atoms with E-state index in [4.69, 9.17) is 16.0 Å². The molecule has 0 saturated carbocycles. The zero-order valence-electron chi connectivity index (χ0n) is 15.6. The maximum absolute atomic E-state index is 12.4. The molecular weight excluding hydrogens is 376 g/mol. The minimum atomic E-state index is -0.0316. The van der Waals surface area contributed by atoms with Gasteiger partial charge in [0.25, 0.3) is 0 Å². The Bertz CT molecular complexity index is 1000. The molecule has 2 aromatic heterocycles. The minimum absolute atomic E-state index is 0.0277. The molecule has 1 atom stereocenters. The molecule has 0 fully saturated rings. The van der Waals surface area contributed by atoms with E-state index in [1.54, 1.807) is 12.3 Å². The van der Waals surface area contributed by atoms with Crippen LogP contribution in [0.5, 0.6) is 0 Å². The number of benzene rings is 1. The van der Waals surface area contributed by atoms with E-state index in [0.29, 0.717) is 29.5 Å². The molecule has 1 N–H and O–H groups in total. The van der Waals surface area contributed by atoms with Crippen LogP contribution in [0.3, 0.4) is 0 Å². The van der Waals surface area contributed by atoms with Gasteiger partial charge in [-0.2, -0.15) is 0 Å². The van der Waals surface area contributed by atoms with E-state index in [1.807, 2.05) is 31.3 Å². The summed E-state index contributed by atoms with van der Waals surface area (Å²) in [5.74, 6) is 1.86. The van der Waals surface area contributed by atoms with Crippen LogP contribution in [0.4, 0.5) is 0 Å². The van der Waals surface area contributed by atoms with Gasteiger partial charge in [-0.05, 0) is 38.3 Å². The summed E-state index contributed by atoms with van der Waals surface area (Å²) in [7, 11) is 0. The monoisotopic (exact) mass is 396 g/mol. The Morgan fingerprint density at radius 3 is 3.00 bits per heavy atom. The van der Waals surface area contributed by atoms with Crippen molar-refractivity contribution in [1.29, 1.82) is 0 Å². The number of amides is 1. The molecule has 4 rings (SSSR count). The summed E-state index contributed by atoms with van der Waals surface area (Å²) in [6, 6.07) is 7.41. The van der Waals surface area contributed by atoms with Gasteiger partial charge in [-0.25, -0.2) is 15.0 Å². The number of halogens is 1. The standard InChI is InChI=1S/C21H21ClN4O2/c1-13-23-11-15-17(25-13)7-4-8-18(15)26-20(27)9-10-21-24-12-19(28-21)14-5-2-3-6-16(14)22/h2-3,5-6,11-12,18H,4,7-10H2,1H3,(H,26,27). The Morgan fingerprint density at radius 1 is 1.29 bits per heavy atom. The number of aryl methyl sites for hydroxylation is 3. The number of aromatic nitrogens is 3. The Hall–Kier alpha value is -2.73. The summed E-state index contributed by atoms with van der Waals surface area (Å²) in [6.45, 7) is 1.88. The normalized spacial score (nSPS) is 15.9. The Kier molecular flexibility index (Phi) is 5.39. The molecule has 1 aliphatic rings. The van der Waals surface area contributed by atoms with Gasteiger partial charge in [0.15, 0.2) is 11.7 Å². The Morgan fingerprint density at radius 2 is 2.14 bits per heavy atom. The van der Waals surface area contributed by atoms with E-state index >= 15 is 0 Å². The number of hydrogen-bond acceptors (Lipinski definition) is 5. The molecular formula is C21H21ClN4O2. The number of oxazole rings is 1. The second-order valence-corrected chi connectivity index (χ2v) is 7.34. The predicted molar refractivity (Wildman–Crippen MR) is 106 cm³/mol. The third-order valence-electron chi connectivity index (χ3n) is 4.90. The first-order chi connectivity index (χ1) is 13.6. The molecule has 2 heterocycles. The summed E-state index contributed by atoms with van der Waals surface area (Å²) < 4.78 is 5.76. The molecule has 6 nitrogen and oxygen atoms in total. The number of carbonyl (C=O) groups is 1. The summed E-state index contributed by atoms with van der Waals surface area (Å²) >= 11 is 6.19. The third kappa shape index (κ3) is 4.07. The van der Waals surface area contributed by atoms with Gasteiger partial charge in [0.1, 0.15) is 5.82 Å². The van der Waals surface area contributed by atoms with Gasteiger partial charge in [0.05, 0.1) is 17.3 Å². The van der Waals surface area contributed by atoms with Gasteiger partial charge in [-0.3, -0.25) is 4.79 Å². The van der Waals surface area contributed by atoms with Crippen molar-refractivity contribution >= 4 is 17.5 Å². The highest BCUT2D eigenvalue weighted by atomic mass is 35.5. The van der Waals surface area contributed by atoms with Crippen LogP contribution in [-0.4, -0.2) is 20.9 Å². The zero-order valence-corrected chi connectivity index (χ0v) is 16.4. The molecule has 3 aromatic rings. The summed E-state index contributed by atoms with van der Waals surface area (Å²) in [6.07, 6.45) is 7.07. The van der Waals surface area contributed by atoms with Gasteiger partial charge in [0, 0.05) is 35.9 Å². The molecule has 1 amide bonds. The van der Waals surface area contributed by atoms with Gasteiger partial charge in [-0.1, -0.05) is 23.7 Å². The van der Waals surface area contributed by atoms with E-state index in [1.165, 1.54) is 0 Å². The molecule has 0 aliphatic heterocycles. The van der Waals surface area contributed by atoms with E-state index in [-0.39, 0.29) is 11.9 Å². The molecule has 0 spiro atoms. The highest BCUT2D eigenvalue weighted by Gasteiger charge is 2.23. The fourth-order valence-electron chi connectivity index (χ4n) is 3.49. The minimum Gasteiger partial charge on any atom is -0.441 e. The smallest absolute Gasteiger partial charge is 0.220 e. The second-order valence-electron chi connectivity index (χ2n) is 6.93. The number of nitrogens with zero attached hydrogens (tertiary/aromatic N) is 3. The Labute approximate surface area is 168 Å². The molecule has 7 heteroatoms. The average molecular weight is 397 g/mol. The summed E-state index contributed by atoms with van der Waals surface area (Å²) in [4.78, 5) is 25.5. The van der Waals surface area contributed by atoms with Crippen molar-refractivity contribution in [3.63, 3.8) is 0 Å². The van der Waals surface area contributed by atoms with Crippen LogP contribution in [0, 0.1) is 6.92 Å². The quantitative estimate of drug-likeness (QED) is 0.698. The van der Waals surface area contributed by atoms with Gasteiger partial charge in [-0.15, -0.1) is 0 Å². The Balaban J connectivity index is 1.37. The van der Waals surface area contributed by atoms with Gasteiger partial charge < -0.3 is 9.73 Å². The number of nitrogens with one attached hydrogen (secondary N) is 1. The van der Waals surface area contributed by atoms with Crippen molar-refractivity contribution in [2.45, 2.75) is 45.1 Å². The summed E-state index contributed by atoms with van der Waals surface area (Å²) in [5.41, 5.74) is 2.87. The van der Waals surface area contributed by atoms with Crippen LogP contribution in [0.1, 0.15) is 48.3 Å². The van der Waals surface area contributed by atoms with Crippen LogP contribution in [0.15, 0.2) is 41.1 Å². The van der Waals surface area contributed by atoms with Crippen molar-refractivity contribution in [1.82, 2.24) is 20.3 Å². The fraction of sp³-hybridized carbons (Fsp3) is 0.333. The predicted octanol–water partition coefficient (Wildman–Crippen LogP) is 4.22. The molecule has 0 bridgehead atoms. The van der Waals surface area contributed by atoms with Crippen molar-refractivity contribution in [2.75, 3.05) is 0 Å². The third-order valence-corrected chi connectivity index (χ3v) is 5.23. The molecule has 0 radical (unpaired) electrons. The van der Waals surface area contributed by atoms with E-state index in [0.717, 1.165) is 41.9 Å². The topological polar surface area (TPSA) is 80.9 Å². The van der Waals surface area contributed by atoms with E-state index < -0.39 is 0 Å². The maximum Gasteiger partial charge on any atom is 0.220 e. The molecule has 0 saturated heterocycles. The first-order valence-corrected chi connectivity index (χ1v) is 9.79.